The average Bonchev–Trinajstić information content (AvgIpc) is 3.03. The second-order valence-electron chi connectivity index (χ2n) is 9.94. The number of nitrogens with two attached hydrogens (primary N) is 1. The number of fused-ring (bicyclic) bond motifs is 1. The molecule has 1 aliphatic heterocycles. The molecule has 3 heterocycles. The highest BCUT2D eigenvalue weighted by atomic mass is 32.2. The summed E-state index contributed by atoms with van der Waals surface area (Å²) in [7, 11) is -2.31. The quantitative estimate of drug-likeness (QED) is 0.319. The number of hydrogen-bond donors (Lipinski definition) is 1. The van der Waals surface area contributed by atoms with E-state index in [4.69, 9.17) is 14.9 Å². The molecule has 0 unspecified atom stereocenters. The molecule has 1 fully saturated rings. The summed E-state index contributed by atoms with van der Waals surface area (Å²) in [5.74, 6) is 1.45. The number of benzene rings is 3. The molecule has 2 N–H and O–H groups in total. The van der Waals surface area contributed by atoms with E-state index in [0.717, 1.165) is 28.0 Å². The summed E-state index contributed by atoms with van der Waals surface area (Å²) in [5, 5.41) is 5.45. The van der Waals surface area contributed by atoms with Gasteiger partial charge in [0.2, 0.25) is 10.0 Å². The Labute approximate surface area is 243 Å². The molecule has 11 heteroatoms. The monoisotopic (exact) mass is 580 g/mol. The fourth-order valence-electron chi connectivity index (χ4n) is 5.09. The molecular weight excluding hydrogens is 552 g/mol. The Hall–Kier alpha value is -4.87. The minimum absolute atomic E-state index is 0.00549. The molecular formula is C31H28N6O4S. The molecule has 0 radical (unpaired) electrons. The number of rotatable bonds is 6. The molecule has 42 heavy (non-hydrogen) atoms. The van der Waals surface area contributed by atoms with Crippen LogP contribution < -0.4 is 14.8 Å². The van der Waals surface area contributed by atoms with Gasteiger partial charge in [0, 0.05) is 60.8 Å². The van der Waals surface area contributed by atoms with E-state index < -0.39 is 10.0 Å². The average molecular weight is 581 g/mol. The van der Waals surface area contributed by atoms with E-state index in [-0.39, 0.29) is 10.8 Å². The van der Waals surface area contributed by atoms with Gasteiger partial charge < -0.3 is 14.5 Å². The SMILES string of the molecule is COc1ccc(C(=O)N2CCN(c3cnc4ccc(-c5cncc(-c6ccccc6S(N)(=O)=O)c5)cc4n3)CC2)cc1. The van der Waals surface area contributed by atoms with E-state index in [1.165, 1.54) is 6.07 Å². The maximum absolute atomic E-state index is 13.0. The molecule has 1 saturated heterocycles. The number of carbonyl (C=O) groups is 1. The molecule has 0 atom stereocenters. The number of nitrogens with zero attached hydrogens (tertiary/aromatic N) is 5. The van der Waals surface area contributed by atoms with Crippen LogP contribution in [-0.4, -0.2) is 67.5 Å². The maximum Gasteiger partial charge on any atom is 0.253 e. The lowest BCUT2D eigenvalue weighted by Crippen LogP contribution is -2.49. The molecule has 0 aliphatic carbocycles. The Bertz CT molecular complexity index is 1890. The first-order chi connectivity index (χ1) is 20.3. The predicted molar refractivity (Wildman–Crippen MR) is 161 cm³/mol. The van der Waals surface area contributed by atoms with Gasteiger partial charge in [0.1, 0.15) is 11.6 Å². The number of amides is 1. The van der Waals surface area contributed by atoms with Gasteiger partial charge in [-0.1, -0.05) is 24.3 Å². The summed E-state index contributed by atoms with van der Waals surface area (Å²) in [6, 6.07) is 21.4. The molecule has 1 aliphatic rings. The molecule has 2 aromatic heterocycles. The van der Waals surface area contributed by atoms with Gasteiger partial charge in [-0.2, -0.15) is 0 Å². The van der Waals surface area contributed by atoms with Gasteiger partial charge in [0.15, 0.2) is 0 Å². The number of ether oxygens (including phenoxy) is 1. The van der Waals surface area contributed by atoms with E-state index in [9.17, 15) is 13.2 Å². The molecule has 6 rings (SSSR count). The van der Waals surface area contributed by atoms with Crippen molar-refractivity contribution in [1.82, 2.24) is 19.9 Å². The Morgan fingerprint density at radius 3 is 2.31 bits per heavy atom. The molecule has 3 aromatic carbocycles. The standard InChI is InChI=1S/C31H28N6O4S/c1-41-25-9-6-21(7-10-25)31(38)37-14-12-36(13-15-37)30-20-34-27-11-8-22(17-28(27)35-30)23-16-24(19-33-18-23)26-4-2-3-5-29(26)42(32,39)40/h2-11,16-20H,12-15H2,1H3,(H2,32,39,40). The van der Waals surface area contributed by atoms with Gasteiger partial charge in [0.25, 0.3) is 5.91 Å². The van der Waals surface area contributed by atoms with Gasteiger partial charge >= 0.3 is 0 Å². The van der Waals surface area contributed by atoms with E-state index in [1.54, 1.807) is 68.2 Å². The van der Waals surface area contributed by atoms with Crippen LogP contribution in [0.15, 0.2) is 96.3 Å². The molecule has 0 saturated carbocycles. The second-order valence-corrected chi connectivity index (χ2v) is 11.5. The van der Waals surface area contributed by atoms with Crippen molar-refractivity contribution in [3.05, 3.63) is 97.0 Å². The third-order valence-electron chi connectivity index (χ3n) is 7.33. The third kappa shape index (κ3) is 5.52. The number of piperazine rings is 1. The highest BCUT2D eigenvalue weighted by molar-refractivity contribution is 7.89. The minimum Gasteiger partial charge on any atom is -0.497 e. The predicted octanol–water partition coefficient (Wildman–Crippen LogP) is 3.98. The lowest BCUT2D eigenvalue weighted by molar-refractivity contribution is 0.0746. The number of primary sulfonamides is 1. The van der Waals surface area contributed by atoms with Crippen LogP contribution >= 0.6 is 0 Å². The molecule has 0 bridgehead atoms. The maximum atomic E-state index is 13.0. The summed E-state index contributed by atoms with van der Waals surface area (Å²) in [6.45, 7) is 2.42. The van der Waals surface area contributed by atoms with Crippen molar-refractivity contribution >= 4 is 32.8 Å². The van der Waals surface area contributed by atoms with E-state index in [0.29, 0.717) is 48.6 Å². The lowest BCUT2D eigenvalue weighted by Gasteiger charge is -2.35. The van der Waals surface area contributed by atoms with Crippen molar-refractivity contribution in [3.8, 4) is 28.0 Å². The number of aromatic nitrogens is 3. The number of anilines is 1. The summed E-state index contributed by atoms with van der Waals surface area (Å²) < 4.78 is 29.5. The van der Waals surface area contributed by atoms with Crippen molar-refractivity contribution < 1.29 is 17.9 Å². The molecule has 212 valence electrons. The number of carbonyl (C=O) groups excluding carboxylic acids is 1. The Balaban J connectivity index is 1.22. The van der Waals surface area contributed by atoms with Gasteiger partial charge in [-0.05, 0) is 54.1 Å². The van der Waals surface area contributed by atoms with E-state index >= 15 is 0 Å². The second kappa shape index (κ2) is 11.2. The van der Waals surface area contributed by atoms with E-state index in [1.807, 2.05) is 29.2 Å². The van der Waals surface area contributed by atoms with Crippen LogP contribution in [0.4, 0.5) is 5.82 Å². The van der Waals surface area contributed by atoms with Crippen LogP contribution in [0.2, 0.25) is 0 Å². The largest absolute Gasteiger partial charge is 0.497 e. The van der Waals surface area contributed by atoms with Crippen molar-refractivity contribution in [2.75, 3.05) is 38.2 Å². The number of pyridine rings is 1. The normalized spacial score (nSPS) is 13.8. The molecule has 1 amide bonds. The number of sulfonamides is 1. The van der Waals surface area contributed by atoms with Crippen molar-refractivity contribution in [3.63, 3.8) is 0 Å². The first kappa shape index (κ1) is 27.3. The van der Waals surface area contributed by atoms with Crippen molar-refractivity contribution in [1.29, 1.82) is 0 Å². The van der Waals surface area contributed by atoms with Gasteiger partial charge in [-0.3, -0.25) is 14.8 Å². The van der Waals surface area contributed by atoms with Crippen LogP contribution in [0.3, 0.4) is 0 Å². The third-order valence-corrected chi connectivity index (χ3v) is 8.30. The zero-order valence-electron chi connectivity index (χ0n) is 22.8. The lowest BCUT2D eigenvalue weighted by atomic mass is 10.0. The summed E-state index contributed by atoms with van der Waals surface area (Å²) in [4.78, 5) is 30.9. The highest BCUT2D eigenvalue weighted by Gasteiger charge is 2.23. The highest BCUT2D eigenvalue weighted by Crippen LogP contribution is 2.31. The van der Waals surface area contributed by atoms with Crippen LogP contribution in [0.1, 0.15) is 10.4 Å². The Morgan fingerprint density at radius 1 is 0.833 bits per heavy atom. The van der Waals surface area contributed by atoms with Crippen LogP contribution in [0.25, 0.3) is 33.3 Å². The van der Waals surface area contributed by atoms with Gasteiger partial charge in [-0.15, -0.1) is 0 Å². The first-order valence-electron chi connectivity index (χ1n) is 13.3. The van der Waals surface area contributed by atoms with Gasteiger partial charge in [0.05, 0.1) is 29.2 Å². The molecule has 10 nitrogen and oxygen atoms in total. The van der Waals surface area contributed by atoms with Crippen molar-refractivity contribution in [2.24, 2.45) is 5.14 Å². The van der Waals surface area contributed by atoms with Crippen LogP contribution in [0, 0.1) is 0 Å². The smallest absolute Gasteiger partial charge is 0.253 e. The summed E-state index contributed by atoms with van der Waals surface area (Å²) in [5.41, 5.74) is 4.90. The zero-order chi connectivity index (χ0) is 29.3. The Morgan fingerprint density at radius 2 is 1.57 bits per heavy atom. The summed E-state index contributed by atoms with van der Waals surface area (Å²) >= 11 is 0. The zero-order valence-corrected chi connectivity index (χ0v) is 23.7. The molecule has 0 spiro atoms. The van der Waals surface area contributed by atoms with Crippen LogP contribution in [-0.2, 0) is 10.0 Å². The fraction of sp³-hybridized carbons (Fsp3) is 0.161. The topological polar surface area (TPSA) is 132 Å². The van der Waals surface area contributed by atoms with E-state index in [2.05, 4.69) is 14.9 Å². The summed E-state index contributed by atoms with van der Waals surface area (Å²) in [6.07, 6.45) is 5.10. The Kier molecular flexibility index (Phi) is 7.27. The number of methoxy groups -OCH3 is 1. The van der Waals surface area contributed by atoms with Crippen LogP contribution in [0.5, 0.6) is 5.75 Å². The minimum atomic E-state index is -3.91. The first-order valence-corrected chi connectivity index (χ1v) is 14.9. The molecule has 5 aromatic rings. The van der Waals surface area contributed by atoms with Gasteiger partial charge in [-0.25, -0.2) is 18.5 Å². The van der Waals surface area contributed by atoms with Crippen molar-refractivity contribution in [2.45, 2.75) is 4.90 Å². The fourth-order valence-corrected chi connectivity index (χ4v) is 5.85. The number of hydrogen-bond acceptors (Lipinski definition) is 8.